The number of halogens is 1. The number of hydrogen-bond donors (Lipinski definition) is 0. The maximum absolute atomic E-state index is 13.4. The van der Waals surface area contributed by atoms with Crippen LogP contribution in [0.5, 0.6) is 5.88 Å². The van der Waals surface area contributed by atoms with E-state index in [0.29, 0.717) is 11.3 Å². The van der Waals surface area contributed by atoms with Gasteiger partial charge in [-0.1, -0.05) is 6.07 Å². The van der Waals surface area contributed by atoms with Gasteiger partial charge in [-0.25, -0.2) is 9.37 Å². The van der Waals surface area contributed by atoms with Crippen LogP contribution in [-0.4, -0.2) is 16.7 Å². The Labute approximate surface area is 97.3 Å². The van der Waals surface area contributed by atoms with Crippen molar-refractivity contribution in [2.75, 3.05) is 7.11 Å². The molecular formula is C12H11FN2O2. The molecule has 5 heteroatoms. The van der Waals surface area contributed by atoms with E-state index in [2.05, 4.69) is 4.98 Å². The fourth-order valence-corrected chi connectivity index (χ4v) is 1.47. The minimum absolute atomic E-state index is 0.0199. The summed E-state index contributed by atoms with van der Waals surface area (Å²) in [7, 11) is 1.36. The average Bonchev–Trinajstić information content (AvgIpc) is 2.33. The second-order valence-electron chi connectivity index (χ2n) is 3.55. The van der Waals surface area contributed by atoms with E-state index in [1.807, 2.05) is 0 Å². The quantitative estimate of drug-likeness (QED) is 0.794. The third-order valence-corrected chi connectivity index (χ3v) is 2.44. The first-order chi connectivity index (χ1) is 8.13. The fourth-order valence-electron chi connectivity index (χ4n) is 1.47. The third kappa shape index (κ3) is 2.04. The maximum Gasteiger partial charge on any atom is 0.317 e. The van der Waals surface area contributed by atoms with Gasteiger partial charge < -0.3 is 4.74 Å². The van der Waals surface area contributed by atoms with E-state index < -0.39 is 5.56 Å². The van der Waals surface area contributed by atoms with Crippen molar-refractivity contribution in [1.82, 2.24) is 9.55 Å². The van der Waals surface area contributed by atoms with Gasteiger partial charge in [0, 0.05) is 12.4 Å². The second-order valence-corrected chi connectivity index (χ2v) is 3.55. The number of ether oxygens (including phenoxy) is 1. The Morgan fingerprint density at radius 2 is 2.18 bits per heavy atom. The number of hydrogen-bond acceptors (Lipinski definition) is 3. The van der Waals surface area contributed by atoms with Crippen LogP contribution in [0.2, 0.25) is 0 Å². The van der Waals surface area contributed by atoms with Gasteiger partial charge in [0.25, 0.3) is 5.88 Å². The largest absolute Gasteiger partial charge is 0.477 e. The van der Waals surface area contributed by atoms with Gasteiger partial charge in [-0.15, -0.1) is 0 Å². The Bertz CT molecular complexity index is 608. The predicted molar refractivity (Wildman–Crippen MR) is 61.1 cm³/mol. The summed E-state index contributed by atoms with van der Waals surface area (Å²) in [5.41, 5.74) is 0.555. The Balaban J connectivity index is 2.61. The van der Waals surface area contributed by atoms with E-state index in [9.17, 15) is 9.18 Å². The van der Waals surface area contributed by atoms with E-state index in [4.69, 9.17) is 4.74 Å². The van der Waals surface area contributed by atoms with E-state index in [1.54, 1.807) is 19.1 Å². The van der Waals surface area contributed by atoms with Crippen molar-refractivity contribution in [1.29, 1.82) is 0 Å². The first-order valence-electron chi connectivity index (χ1n) is 5.01. The monoisotopic (exact) mass is 234 g/mol. The smallest absolute Gasteiger partial charge is 0.317 e. The van der Waals surface area contributed by atoms with Gasteiger partial charge in [0.05, 0.1) is 12.8 Å². The number of benzene rings is 1. The van der Waals surface area contributed by atoms with Gasteiger partial charge >= 0.3 is 5.56 Å². The van der Waals surface area contributed by atoms with Gasteiger partial charge in [-0.3, -0.25) is 9.36 Å². The molecular weight excluding hydrogens is 223 g/mol. The molecule has 88 valence electrons. The maximum atomic E-state index is 13.4. The topological polar surface area (TPSA) is 44.1 Å². The van der Waals surface area contributed by atoms with Crippen molar-refractivity contribution in [3.8, 4) is 11.6 Å². The molecule has 0 bridgehead atoms. The van der Waals surface area contributed by atoms with Crippen molar-refractivity contribution < 1.29 is 9.13 Å². The first kappa shape index (κ1) is 11.3. The Morgan fingerprint density at radius 3 is 2.82 bits per heavy atom. The molecule has 17 heavy (non-hydrogen) atoms. The highest BCUT2D eigenvalue weighted by Gasteiger charge is 2.07. The second kappa shape index (κ2) is 4.37. The molecule has 1 heterocycles. The Morgan fingerprint density at radius 1 is 1.41 bits per heavy atom. The standard InChI is InChI=1S/C12H11FN2O2/c1-8-3-4-9(7-10(8)13)15-6-5-14-11(17-2)12(15)16/h3-7H,1-2H3. The van der Waals surface area contributed by atoms with Crippen LogP contribution in [0.25, 0.3) is 5.69 Å². The molecule has 1 aromatic carbocycles. The normalized spacial score (nSPS) is 10.3. The molecule has 0 aliphatic rings. The lowest BCUT2D eigenvalue weighted by Gasteiger charge is -2.07. The van der Waals surface area contributed by atoms with Gasteiger partial charge in [0.2, 0.25) is 0 Å². The summed E-state index contributed by atoms with van der Waals surface area (Å²) < 4.78 is 19.5. The molecule has 0 N–H and O–H groups in total. The van der Waals surface area contributed by atoms with E-state index in [1.165, 1.54) is 30.1 Å². The molecule has 0 amide bonds. The van der Waals surface area contributed by atoms with Crippen LogP contribution in [0.4, 0.5) is 4.39 Å². The van der Waals surface area contributed by atoms with E-state index in [0.717, 1.165) is 0 Å². The molecule has 0 saturated heterocycles. The number of nitrogens with zero attached hydrogens (tertiary/aromatic N) is 2. The summed E-state index contributed by atoms with van der Waals surface area (Å²) >= 11 is 0. The van der Waals surface area contributed by atoms with Crippen molar-refractivity contribution in [3.63, 3.8) is 0 Å². The SMILES string of the molecule is COc1nccn(-c2ccc(C)c(F)c2)c1=O. The van der Waals surface area contributed by atoms with Crippen molar-refractivity contribution >= 4 is 0 Å². The van der Waals surface area contributed by atoms with Crippen LogP contribution in [0, 0.1) is 12.7 Å². The molecule has 0 atom stereocenters. The Kier molecular flexibility index (Phi) is 2.91. The molecule has 4 nitrogen and oxygen atoms in total. The minimum Gasteiger partial charge on any atom is -0.477 e. The van der Waals surface area contributed by atoms with E-state index >= 15 is 0 Å². The molecule has 0 aliphatic carbocycles. The highest BCUT2D eigenvalue weighted by molar-refractivity contribution is 5.36. The molecule has 0 aliphatic heterocycles. The number of aromatic nitrogens is 2. The van der Waals surface area contributed by atoms with Gasteiger partial charge in [-0.2, -0.15) is 0 Å². The van der Waals surface area contributed by atoms with Gasteiger partial charge in [0.1, 0.15) is 5.82 Å². The molecule has 0 unspecified atom stereocenters. The molecule has 0 radical (unpaired) electrons. The van der Waals surface area contributed by atoms with Crippen molar-refractivity contribution in [2.24, 2.45) is 0 Å². The van der Waals surface area contributed by atoms with Crippen molar-refractivity contribution in [2.45, 2.75) is 6.92 Å². The van der Waals surface area contributed by atoms with Gasteiger partial charge in [-0.05, 0) is 24.6 Å². The number of rotatable bonds is 2. The summed E-state index contributed by atoms with van der Waals surface area (Å²) in [6.45, 7) is 1.66. The summed E-state index contributed by atoms with van der Waals surface area (Å²) in [6.07, 6.45) is 2.90. The molecule has 0 saturated carbocycles. The zero-order valence-electron chi connectivity index (χ0n) is 9.48. The molecule has 0 fully saturated rings. The highest BCUT2D eigenvalue weighted by Crippen LogP contribution is 2.12. The molecule has 2 aromatic rings. The molecule has 0 spiro atoms. The van der Waals surface area contributed by atoms with Crippen LogP contribution >= 0.6 is 0 Å². The summed E-state index contributed by atoms with van der Waals surface area (Å²) in [6, 6.07) is 4.58. The van der Waals surface area contributed by atoms with Crippen LogP contribution in [0.15, 0.2) is 35.4 Å². The zero-order chi connectivity index (χ0) is 12.4. The van der Waals surface area contributed by atoms with Crippen molar-refractivity contribution in [3.05, 3.63) is 52.3 Å². The lowest BCUT2D eigenvalue weighted by Crippen LogP contribution is -2.20. The summed E-state index contributed by atoms with van der Waals surface area (Å²) in [5, 5.41) is 0. The zero-order valence-corrected chi connectivity index (χ0v) is 9.48. The summed E-state index contributed by atoms with van der Waals surface area (Å²) in [4.78, 5) is 15.6. The Hall–Kier alpha value is -2.17. The third-order valence-electron chi connectivity index (χ3n) is 2.44. The lowest BCUT2D eigenvalue weighted by molar-refractivity contribution is 0.388. The molecule has 1 aromatic heterocycles. The van der Waals surface area contributed by atoms with Crippen LogP contribution < -0.4 is 10.3 Å². The van der Waals surface area contributed by atoms with Crippen LogP contribution in [0.1, 0.15) is 5.56 Å². The van der Waals surface area contributed by atoms with Crippen LogP contribution in [0.3, 0.4) is 0 Å². The minimum atomic E-state index is -0.418. The number of aryl methyl sites for hydroxylation is 1. The number of methoxy groups -OCH3 is 1. The fraction of sp³-hybridized carbons (Fsp3) is 0.167. The summed E-state index contributed by atoms with van der Waals surface area (Å²) in [5.74, 6) is -0.376. The predicted octanol–water partition coefficient (Wildman–Crippen LogP) is 1.69. The highest BCUT2D eigenvalue weighted by atomic mass is 19.1. The lowest BCUT2D eigenvalue weighted by atomic mass is 10.2. The van der Waals surface area contributed by atoms with Crippen LogP contribution in [-0.2, 0) is 0 Å². The first-order valence-corrected chi connectivity index (χ1v) is 5.01. The van der Waals surface area contributed by atoms with E-state index in [-0.39, 0.29) is 11.7 Å². The van der Waals surface area contributed by atoms with Gasteiger partial charge in [0.15, 0.2) is 0 Å². The molecule has 2 rings (SSSR count). The average molecular weight is 234 g/mol.